The van der Waals surface area contributed by atoms with Crippen LogP contribution in [0.4, 0.5) is 14.5 Å². The summed E-state index contributed by atoms with van der Waals surface area (Å²) in [7, 11) is 1.57. The topological polar surface area (TPSA) is 73.3 Å². The van der Waals surface area contributed by atoms with Gasteiger partial charge < -0.3 is 14.8 Å². The molecule has 1 N–H and O–H groups in total. The molecule has 1 fully saturated rings. The fraction of sp³-hybridized carbons (Fsp3) is 0.375. The van der Waals surface area contributed by atoms with Crippen LogP contribution in [0.1, 0.15) is 24.4 Å². The molecule has 1 aromatic carbocycles. The second kappa shape index (κ2) is 9.16. The van der Waals surface area contributed by atoms with E-state index in [9.17, 15) is 13.6 Å². The van der Waals surface area contributed by atoms with E-state index in [-0.39, 0.29) is 37.3 Å². The maximum atomic E-state index is 14.1. The first-order chi connectivity index (χ1) is 15.4. The Labute approximate surface area is 185 Å². The van der Waals surface area contributed by atoms with Crippen molar-refractivity contribution in [3.8, 4) is 5.75 Å². The zero-order valence-corrected chi connectivity index (χ0v) is 18.0. The Kier molecular flexibility index (Phi) is 6.32. The molecule has 2 aliphatic rings. The number of nitrogens with zero attached hydrogens (tertiary/aromatic N) is 2. The summed E-state index contributed by atoms with van der Waals surface area (Å²) in [4.78, 5) is 21.5. The molecule has 32 heavy (non-hydrogen) atoms. The van der Waals surface area contributed by atoms with E-state index in [1.54, 1.807) is 32.4 Å². The molecule has 2 aromatic rings. The molecule has 0 radical (unpaired) electrons. The number of benzene rings is 1. The summed E-state index contributed by atoms with van der Waals surface area (Å²) in [6.07, 6.45) is 7.35. The molecule has 1 aromatic heterocycles. The number of carbonyl (C=O) groups excluding carboxylic acids is 1. The van der Waals surface area contributed by atoms with Crippen LogP contribution in [-0.4, -0.2) is 29.6 Å². The molecular weight excluding hydrogens is 416 g/mol. The van der Waals surface area contributed by atoms with Crippen LogP contribution in [0.3, 0.4) is 0 Å². The van der Waals surface area contributed by atoms with Crippen LogP contribution >= 0.6 is 0 Å². The van der Waals surface area contributed by atoms with Gasteiger partial charge in [0.05, 0.1) is 19.4 Å². The van der Waals surface area contributed by atoms with Gasteiger partial charge in [-0.3, -0.25) is 4.79 Å². The van der Waals surface area contributed by atoms with Crippen LogP contribution in [0.25, 0.3) is 0 Å². The van der Waals surface area contributed by atoms with Crippen molar-refractivity contribution in [3.05, 3.63) is 71.9 Å². The van der Waals surface area contributed by atoms with Gasteiger partial charge in [0.25, 0.3) is 0 Å². The number of nitrogens with one attached hydrogen (secondary N) is 1. The molecule has 1 heterocycles. The van der Waals surface area contributed by atoms with E-state index in [0.717, 1.165) is 0 Å². The predicted molar refractivity (Wildman–Crippen MR) is 115 cm³/mol. The number of ether oxygens (including phenoxy) is 2. The summed E-state index contributed by atoms with van der Waals surface area (Å²) in [5.41, 5.74) is 0.410. The number of methoxy groups -OCH3 is 1. The Morgan fingerprint density at radius 3 is 2.94 bits per heavy atom. The summed E-state index contributed by atoms with van der Waals surface area (Å²) in [6, 6.07) is 5.74. The maximum Gasteiger partial charge on any atom is 0.228 e. The SMILES string of the molecule is COCc1nc(C)ncc1OC[C@@]1(C2C=CC=C(F)C2)C[C@H]1C(=O)Nc1cccc(F)c1. The Morgan fingerprint density at radius 1 is 1.34 bits per heavy atom. The highest BCUT2D eigenvalue weighted by molar-refractivity contribution is 5.95. The molecule has 0 saturated heterocycles. The molecule has 0 bridgehead atoms. The molecule has 1 amide bonds. The number of amides is 1. The molecule has 2 aliphatic carbocycles. The van der Waals surface area contributed by atoms with Crippen LogP contribution in [0, 0.1) is 30.0 Å². The number of hydrogen-bond acceptors (Lipinski definition) is 5. The van der Waals surface area contributed by atoms with Gasteiger partial charge in [-0.05, 0) is 43.5 Å². The summed E-state index contributed by atoms with van der Waals surface area (Å²) in [5.74, 6) is -0.423. The highest BCUT2D eigenvalue weighted by atomic mass is 19.1. The van der Waals surface area contributed by atoms with Crippen molar-refractivity contribution in [2.75, 3.05) is 19.0 Å². The Hall–Kier alpha value is -3.13. The predicted octanol–water partition coefficient (Wildman–Crippen LogP) is 4.52. The molecule has 0 aliphatic heterocycles. The van der Waals surface area contributed by atoms with Crippen molar-refractivity contribution in [1.82, 2.24) is 9.97 Å². The Morgan fingerprint density at radius 2 is 2.19 bits per heavy atom. The lowest BCUT2D eigenvalue weighted by Crippen LogP contribution is -2.30. The molecule has 6 nitrogen and oxygen atoms in total. The minimum atomic E-state index is -0.589. The van der Waals surface area contributed by atoms with Gasteiger partial charge in [0.2, 0.25) is 5.91 Å². The largest absolute Gasteiger partial charge is 0.489 e. The van der Waals surface area contributed by atoms with Crippen molar-refractivity contribution in [2.45, 2.75) is 26.4 Å². The van der Waals surface area contributed by atoms with Gasteiger partial charge in [0.15, 0.2) is 5.75 Å². The summed E-state index contributed by atoms with van der Waals surface area (Å²) in [5, 5.41) is 2.78. The Balaban J connectivity index is 1.54. The molecule has 3 atom stereocenters. The van der Waals surface area contributed by atoms with E-state index in [1.807, 2.05) is 6.08 Å². The summed E-state index contributed by atoms with van der Waals surface area (Å²) in [6.45, 7) is 2.23. The third-order valence-electron chi connectivity index (χ3n) is 6.03. The van der Waals surface area contributed by atoms with Crippen molar-refractivity contribution < 1.29 is 23.0 Å². The third-order valence-corrected chi connectivity index (χ3v) is 6.03. The highest BCUT2D eigenvalue weighted by Crippen LogP contribution is 2.61. The number of hydrogen-bond donors (Lipinski definition) is 1. The highest BCUT2D eigenvalue weighted by Gasteiger charge is 2.62. The summed E-state index contributed by atoms with van der Waals surface area (Å²) >= 11 is 0. The number of anilines is 1. The first-order valence-electron chi connectivity index (χ1n) is 10.4. The number of halogens is 2. The summed E-state index contributed by atoms with van der Waals surface area (Å²) < 4.78 is 38.9. The van der Waals surface area contributed by atoms with Crippen molar-refractivity contribution in [2.24, 2.45) is 17.3 Å². The zero-order chi connectivity index (χ0) is 22.7. The van der Waals surface area contributed by atoms with Crippen LogP contribution in [-0.2, 0) is 16.1 Å². The maximum absolute atomic E-state index is 14.1. The van der Waals surface area contributed by atoms with Crippen LogP contribution in [0.2, 0.25) is 0 Å². The van der Waals surface area contributed by atoms with Gasteiger partial charge in [0, 0.05) is 30.6 Å². The number of carbonyl (C=O) groups is 1. The number of rotatable bonds is 8. The average molecular weight is 441 g/mol. The lowest BCUT2D eigenvalue weighted by atomic mass is 9.82. The molecule has 4 rings (SSSR count). The molecule has 8 heteroatoms. The van der Waals surface area contributed by atoms with Gasteiger partial charge in [-0.2, -0.15) is 0 Å². The fourth-order valence-electron chi connectivity index (χ4n) is 4.26. The lowest BCUT2D eigenvalue weighted by molar-refractivity contribution is -0.118. The van der Waals surface area contributed by atoms with Gasteiger partial charge in [-0.1, -0.05) is 18.2 Å². The van der Waals surface area contributed by atoms with Gasteiger partial charge in [0.1, 0.15) is 23.2 Å². The van der Waals surface area contributed by atoms with E-state index in [0.29, 0.717) is 29.4 Å². The van der Waals surface area contributed by atoms with Crippen LogP contribution in [0.15, 0.2) is 54.5 Å². The smallest absolute Gasteiger partial charge is 0.228 e. The van der Waals surface area contributed by atoms with E-state index >= 15 is 0 Å². The van der Waals surface area contributed by atoms with E-state index in [4.69, 9.17) is 9.47 Å². The van der Waals surface area contributed by atoms with E-state index < -0.39 is 17.2 Å². The molecular formula is C24H25F2N3O3. The molecule has 1 saturated carbocycles. The van der Waals surface area contributed by atoms with Gasteiger partial charge in [-0.15, -0.1) is 0 Å². The average Bonchev–Trinajstić information content (AvgIpc) is 3.50. The normalized spacial score (nSPS) is 24.1. The van der Waals surface area contributed by atoms with Crippen molar-refractivity contribution in [3.63, 3.8) is 0 Å². The van der Waals surface area contributed by atoms with Crippen LogP contribution < -0.4 is 10.1 Å². The van der Waals surface area contributed by atoms with Crippen LogP contribution in [0.5, 0.6) is 5.75 Å². The monoisotopic (exact) mass is 441 g/mol. The first kappa shape index (κ1) is 22.1. The first-order valence-corrected chi connectivity index (χ1v) is 10.4. The minimum Gasteiger partial charge on any atom is -0.489 e. The third kappa shape index (κ3) is 4.70. The second-order valence-corrected chi connectivity index (χ2v) is 8.25. The standard InChI is InChI=1S/C24H25F2N3O3/c1-15-27-12-22(21(28-15)13-31-2)32-14-24(16-5-3-6-17(25)9-16)11-20(24)23(30)29-19-8-4-7-18(26)10-19/h3-8,10,12,16,20H,9,11,13-14H2,1-2H3,(H,29,30)/t16?,20-,24+/m0/s1. The fourth-order valence-corrected chi connectivity index (χ4v) is 4.26. The Bertz CT molecular complexity index is 1070. The number of aromatic nitrogens is 2. The van der Waals surface area contributed by atoms with Gasteiger partial charge in [-0.25, -0.2) is 18.7 Å². The molecule has 0 spiro atoms. The van der Waals surface area contributed by atoms with Crippen molar-refractivity contribution >= 4 is 11.6 Å². The number of aryl methyl sites for hydroxylation is 1. The zero-order valence-electron chi connectivity index (χ0n) is 18.0. The van der Waals surface area contributed by atoms with E-state index in [2.05, 4.69) is 15.3 Å². The lowest BCUT2D eigenvalue weighted by Gasteiger charge is -2.27. The molecule has 168 valence electrons. The minimum absolute atomic E-state index is 0.194. The van der Waals surface area contributed by atoms with Gasteiger partial charge >= 0.3 is 0 Å². The van der Waals surface area contributed by atoms with Crippen molar-refractivity contribution in [1.29, 1.82) is 0 Å². The quantitative estimate of drug-likeness (QED) is 0.652. The van der Waals surface area contributed by atoms with E-state index in [1.165, 1.54) is 24.3 Å². The molecule has 1 unspecified atom stereocenters. The second-order valence-electron chi connectivity index (χ2n) is 8.25. The number of allylic oxidation sites excluding steroid dienone is 4.